The lowest BCUT2D eigenvalue weighted by Crippen LogP contribution is -2.32. The maximum Gasteiger partial charge on any atom is 0.338 e. The van der Waals surface area contributed by atoms with E-state index < -0.39 is 0 Å². The summed E-state index contributed by atoms with van der Waals surface area (Å²) in [5, 5.41) is 0. The fraction of sp³-hybridized carbons (Fsp3) is 0.300. The summed E-state index contributed by atoms with van der Waals surface area (Å²) in [7, 11) is 0. The third-order valence-electron chi connectivity index (χ3n) is 4.02. The lowest BCUT2D eigenvalue weighted by atomic mass is 10.1. The normalized spacial score (nSPS) is 13.5. The zero-order valence-corrected chi connectivity index (χ0v) is 14.9. The van der Waals surface area contributed by atoms with Crippen molar-refractivity contribution in [3.63, 3.8) is 0 Å². The van der Waals surface area contributed by atoms with E-state index >= 15 is 0 Å². The van der Waals surface area contributed by atoms with Crippen molar-refractivity contribution in [3.05, 3.63) is 53.6 Å². The van der Waals surface area contributed by atoms with E-state index in [2.05, 4.69) is 0 Å². The van der Waals surface area contributed by atoms with E-state index in [9.17, 15) is 9.59 Å². The van der Waals surface area contributed by atoms with Crippen molar-refractivity contribution in [2.45, 2.75) is 20.4 Å². The van der Waals surface area contributed by atoms with Crippen LogP contribution in [0.15, 0.2) is 42.5 Å². The van der Waals surface area contributed by atoms with Gasteiger partial charge in [-0.15, -0.1) is 0 Å². The lowest BCUT2D eigenvalue weighted by Gasteiger charge is -2.20. The van der Waals surface area contributed by atoms with Crippen molar-refractivity contribution in [3.8, 4) is 11.5 Å². The molecule has 0 N–H and O–H groups in total. The Kier molecular flexibility index (Phi) is 5.41. The summed E-state index contributed by atoms with van der Waals surface area (Å²) < 4.78 is 16.3. The molecule has 6 heteroatoms. The van der Waals surface area contributed by atoms with E-state index in [1.165, 1.54) is 0 Å². The van der Waals surface area contributed by atoms with Gasteiger partial charge in [-0.25, -0.2) is 4.79 Å². The summed E-state index contributed by atoms with van der Waals surface area (Å²) in [5.41, 5.74) is 2.02. The number of anilines is 1. The molecule has 2 aromatic carbocycles. The van der Waals surface area contributed by atoms with Crippen molar-refractivity contribution in [1.82, 2.24) is 0 Å². The minimum Gasteiger partial charge on any atom is -0.490 e. The van der Waals surface area contributed by atoms with Gasteiger partial charge in [0.15, 0.2) is 18.1 Å². The zero-order valence-electron chi connectivity index (χ0n) is 14.9. The smallest absolute Gasteiger partial charge is 0.338 e. The first kappa shape index (κ1) is 17.8. The quantitative estimate of drug-likeness (QED) is 0.771. The molecule has 0 spiro atoms. The molecular formula is C20H21NO5. The molecule has 1 heterocycles. The van der Waals surface area contributed by atoms with Gasteiger partial charge < -0.3 is 19.1 Å². The highest BCUT2D eigenvalue weighted by atomic mass is 16.5. The van der Waals surface area contributed by atoms with Crippen molar-refractivity contribution in [1.29, 1.82) is 0 Å². The minimum absolute atomic E-state index is 0.0727. The molecule has 0 unspecified atom stereocenters. The molecule has 26 heavy (non-hydrogen) atoms. The maximum atomic E-state index is 12.5. The molecule has 6 nitrogen and oxygen atoms in total. The van der Waals surface area contributed by atoms with Crippen LogP contribution in [0.1, 0.15) is 29.8 Å². The van der Waals surface area contributed by atoms with E-state index in [1.54, 1.807) is 36.1 Å². The SMILES string of the molecule is CCOC(=O)c1ccc(N2Cc3cccc(OCC)c3OCC2=O)cc1. The summed E-state index contributed by atoms with van der Waals surface area (Å²) >= 11 is 0. The monoisotopic (exact) mass is 355 g/mol. The second kappa shape index (κ2) is 7.91. The number of carbonyl (C=O) groups excluding carboxylic acids is 2. The zero-order chi connectivity index (χ0) is 18.5. The van der Waals surface area contributed by atoms with Crippen LogP contribution >= 0.6 is 0 Å². The highest BCUT2D eigenvalue weighted by Gasteiger charge is 2.25. The topological polar surface area (TPSA) is 65.1 Å². The van der Waals surface area contributed by atoms with Gasteiger partial charge in [0, 0.05) is 11.3 Å². The highest BCUT2D eigenvalue weighted by molar-refractivity contribution is 5.96. The average Bonchev–Trinajstić information content (AvgIpc) is 2.82. The molecule has 0 bridgehead atoms. The number of fused-ring (bicyclic) bond motifs is 1. The fourth-order valence-electron chi connectivity index (χ4n) is 2.82. The van der Waals surface area contributed by atoms with Crippen LogP contribution in [0.2, 0.25) is 0 Å². The number of amides is 1. The van der Waals surface area contributed by atoms with Crippen LogP contribution < -0.4 is 14.4 Å². The van der Waals surface area contributed by atoms with Gasteiger partial charge in [0.05, 0.1) is 25.3 Å². The first-order valence-corrected chi connectivity index (χ1v) is 8.59. The molecule has 1 aliphatic heterocycles. The van der Waals surface area contributed by atoms with E-state index in [0.717, 1.165) is 5.56 Å². The molecule has 1 amide bonds. The van der Waals surface area contributed by atoms with E-state index in [0.29, 0.717) is 42.5 Å². The molecule has 0 saturated heterocycles. The van der Waals surface area contributed by atoms with Crippen molar-refractivity contribution in [2.75, 3.05) is 24.7 Å². The van der Waals surface area contributed by atoms with Crippen LogP contribution in [-0.4, -0.2) is 31.7 Å². The Bertz CT molecular complexity index is 800. The molecule has 1 aliphatic rings. The predicted octanol–water partition coefficient (Wildman–Crippen LogP) is 3.19. The molecular weight excluding hydrogens is 334 g/mol. The van der Waals surface area contributed by atoms with E-state index in [4.69, 9.17) is 14.2 Å². The van der Waals surface area contributed by atoms with Gasteiger partial charge in [-0.05, 0) is 44.2 Å². The summed E-state index contributed by atoms with van der Waals surface area (Å²) in [6, 6.07) is 12.4. The second-order valence-corrected chi connectivity index (χ2v) is 5.71. The Hall–Kier alpha value is -3.02. The molecule has 0 aliphatic carbocycles. The largest absolute Gasteiger partial charge is 0.490 e. The van der Waals surface area contributed by atoms with Crippen LogP contribution in [0.4, 0.5) is 5.69 Å². The second-order valence-electron chi connectivity index (χ2n) is 5.71. The first-order valence-electron chi connectivity index (χ1n) is 8.59. The van der Waals surface area contributed by atoms with Crippen LogP contribution in [0.5, 0.6) is 11.5 Å². The molecule has 0 fully saturated rings. The maximum absolute atomic E-state index is 12.5. The van der Waals surface area contributed by atoms with Crippen LogP contribution in [-0.2, 0) is 16.1 Å². The van der Waals surface area contributed by atoms with Gasteiger partial charge in [-0.3, -0.25) is 4.79 Å². The van der Waals surface area contributed by atoms with Crippen LogP contribution in [0.3, 0.4) is 0 Å². The Morgan fingerprint density at radius 3 is 2.58 bits per heavy atom. The number of para-hydroxylation sites is 1. The number of esters is 1. The predicted molar refractivity (Wildman–Crippen MR) is 96.7 cm³/mol. The standard InChI is InChI=1S/C20H21NO5/c1-3-24-17-7-5-6-15-12-21(18(22)13-26-19(15)17)16-10-8-14(9-11-16)20(23)25-4-2/h5-11H,3-4,12-13H2,1-2H3. The molecule has 136 valence electrons. The fourth-order valence-corrected chi connectivity index (χ4v) is 2.82. The van der Waals surface area contributed by atoms with E-state index in [-0.39, 0.29) is 18.5 Å². The first-order chi connectivity index (χ1) is 12.6. The summed E-state index contributed by atoms with van der Waals surface area (Å²) in [5.74, 6) is 0.703. The number of benzene rings is 2. The Morgan fingerprint density at radius 1 is 1.12 bits per heavy atom. The van der Waals surface area contributed by atoms with Crippen molar-refractivity contribution >= 4 is 17.6 Å². The summed E-state index contributed by atoms with van der Waals surface area (Å²) in [6.45, 7) is 4.80. The molecule has 0 aromatic heterocycles. The lowest BCUT2D eigenvalue weighted by molar-refractivity contribution is -0.120. The number of hydrogen-bond donors (Lipinski definition) is 0. The van der Waals surface area contributed by atoms with Gasteiger partial charge in [0.25, 0.3) is 5.91 Å². The highest BCUT2D eigenvalue weighted by Crippen LogP contribution is 2.35. The summed E-state index contributed by atoms with van der Waals surface area (Å²) in [6.07, 6.45) is 0. The molecule has 0 radical (unpaired) electrons. The molecule has 0 atom stereocenters. The number of rotatable bonds is 5. The van der Waals surface area contributed by atoms with Gasteiger partial charge in [0.1, 0.15) is 0 Å². The number of hydrogen-bond acceptors (Lipinski definition) is 5. The molecule has 0 saturated carbocycles. The van der Waals surface area contributed by atoms with Crippen molar-refractivity contribution < 1.29 is 23.8 Å². The average molecular weight is 355 g/mol. The van der Waals surface area contributed by atoms with E-state index in [1.807, 2.05) is 25.1 Å². The molecule has 3 rings (SSSR count). The summed E-state index contributed by atoms with van der Waals surface area (Å²) in [4.78, 5) is 26.0. The number of carbonyl (C=O) groups is 2. The van der Waals surface area contributed by atoms with Gasteiger partial charge >= 0.3 is 5.97 Å². The molecule has 2 aromatic rings. The van der Waals surface area contributed by atoms with Crippen LogP contribution in [0.25, 0.3) is 0 Å². The Balaban J connectivity index is 1.87. The Morgan fingerprint density at radius 2 is 1.88 bits per heavy atom. The van der Waals surface area contributed by atoms with Gasteiger partial charge in [-0.2, -0.15) is 0 Å². The third-order valence-corrected chi connectivity index (χ3v) is 4.02. The Labute approximate surface area is 152 Å². The van der Waals surface area contributed by atoms with Gasteiger partial charge in [0.2, 0.25) is 0 Å². The minimum atomic E-state index is -0.378. The number of ether oxygens (including phenoxy) is 3. The third kappa shape index (κ3) is 3.64. The van der Waals surface area contributed by atoms with Crippen LogP contribution in [0, 0.1) is 0 Å². The van der Waals surface area contributed by atoms with Crippen molar-refractivity contribution in [2.24, 2.45) is 0 Å². The van der Waals surface area contributed by atoms with Gasteiger partial charge in [-0.1, -0.05) is 12.1 Å². The number of nitrogens with zero attached hydrogens (tertiary/aromatic N) is 1.